The zero-order valence-electron chi connectivity index (χ0n) is 14.6. The molecule has 0 radical (unpaired) electrons. The van der Waals surface area contributed by atoms with Gasteiger partial charge in [-0.15, -0.1) is 0 Å². The van der Waals surface area contributed by atoms with Gasteiger partial charge in [-0.25, -0.2) is 4.98 Å². The first kappa shape index (κ1) is 17.5. The van der Waals surface area contributed by atoms with Gasteiger partial charge in [0.2, 0.25) is 5.91 Å². The number of amides is 1. The van der Waals surface area contributed by atoms with Crippen LogP contribution >= 0.6 is 0 Å². The summed E-state index contributed by atoms with van der Waals surface area (Å²) >= 11 is 0. The van der Waals surface area contributed by atoms with Crippen LogP contribution < -0.4 is 10.2 Å². The zero-order valence-corrected chi connectivity index (χ0v) is 14.6. The summed E-state index contributed by atoms with van der Waals surface area (Å²) in [6, 6.07) is 11.8. The summed E-state index contributed by atoms with van der Waals surface area (Å²) in [5, 5.41) is 12.3. The normalized spacial score (nSPS) is 10.1. The molecule has 1 N–H and O–H groups in total. The molecule has 0 saturated heterocycles. The van der Waals surface area contributed by atoms with Crippen LogP contribution in [0.2, 0.25) is 0 Å². The molecule has 0 fully saturated rings. The van der Waals surface area contributed by atoms with Crippen LogP contribution in [-0.2, 0) is 4.79 Å². The van der Waals surface area contributed by atoms with Crippen molar-refractivity contribution in [1.82, 2.24) is 4.98 Å². The van der Waals surface area contributed by atoms with Crippen molar-refractivity contribution in [3.8, 4) is 6.07 Å². The van der Waals surface area contributed by atoms with Gasteiger partial charge in [-0.3, -0.25) is 4.79 Å². The summed E-state index contributed by atoms with van der Waals surface area (Å²) < 4.78 is 0. The van der Waals surface area contributed by atoms with Crippen LogP contribution in [0.25, 0.3) is 0 Å². The maximum Gasteiger partial charge on any atom is 0.246 e. The molecule has 1 amide bonds. The van der Waals surface area contributed by atoms with Crippen LogP contribution in [0.3, 0.4) is 0 Å². The van der Waals surface area contributed by atoms with E-state index >= 15 is 0 Å². The molecule has 0 unspecified atom stereocenters. The van der Waals surface area contributed by atoms with E-state index in [-0.39, 0.29) is 12.5 Å². The first-order valence-electron chi connectivity index (χ1n) is 7.95. The number of hydrogen-bond acceptors (Lipinski definition) is 4. The smallest absolute Gasteiger partial charge is 0.246 e. The Labute approximate surface area is 142 Å². The number of rotatable bonds is 5. The first-order chi connectivity index (χ1) is 11.5. The second-order valence-corrected chi connectivity index (χ2v) is 5.75. The maximum atomic E-state index is 12.6. The van der Waals surface area contributed by atoms with E-state index in [1.807, 2.05) is 58.0 Å². The van der Waals surface area contributed by atoms with Crippen molar-refractivity contribution in [2.75, 3.05) is 23.3 Å². The second-order valence-electron chi connectivity index (χ2n) is 5.75. The third kappa shape index (κ3) is 3.90. The van der Waals surface area contributed by atoms with Crippen LogP contribution in [0.4, 0.5) is 11.5 Å². The molecule has 124 valence electrons. The van der Waals surface area contributed by atoms with Gasteiger partial charge in [0.05, 0.1) is 12.1 Å². The van der Waals surface area contributed by atoms with Gasteiger partial charge < -0.3 is 10.2 Å². The maximum absolute atomic E-state index is 12.6. The summed E-state index contributed by atoms with van der Waals surface area (Å²) in [5.41, 5.74) is 4.12. The molecule has 1 heterocycles. The molecule has 2 aromatic rings. The lowest BCUT2D eigenvalue weighted by atomic mass is 10.1. The molecule has 0 spiro atoms. The van der Waals surface area contributed by atoms with Crippen molar-refractivity contribution in [3.63, 3.8) is 0 Å². The molecule has 2 rings (SSSR count). The Bertz CT molecular complexity index is 792. The van der Waals surface area contributed by atoms with Gasteiger partial charge in [0, 0.05) is 17.9 Å². The molecule has 0 aliphatic rings. The van der Waals surface area contributed by atoms with Crippen molar-refractivity contribution in [2.45, 2.75) is 27.7 Å². The molecule has 0 bridgehead atoms. The van der Waals surface area contributed by atoms with E-state index in [1.165, 1.54) is 0 Å². The number of nitriles is 1. The van der Waals surface area contributed by atoms with E-state index in [0.717, 1.165) is 22.5 Å². The number of nitrogens with zero attached hydrogens (tertiary/aromatic N) is 3. The summed E-state index contributed by atoms with van der Waals surface area (Å²) in [5.74, 6) is 0.400. The number of pyridine rings is 1. The Balaban J connectivity index is 2.17. The number of likely N-dealkylation sites (N-methyl/N-ethyl adjacent to an activating group) is 1. The van der Waals surface area contributed by atoms with Crippen LogP contribution in [0.5, 0.6) is 0 Å². The van der Waals surface area contributed by atoms with Gasteiger partial charge in [-0.2, -0.15) is 5.26 Å². The Morgan fingerprint density at radius 3 is 2.67 bits per heavy atom. The predicted octanol–water partition coefficient (Wildman–Crippen LogP) is 3.34. The molecule has 1 aromatic carbocycles. The largest absolute Gasteiger partial charge is 0.360 e. The predicted molar refractivity (Wildman–Crippen MR) is 96.1 cm³/mol. The Morgan fingerprint density at radius 1 is 1.29 bits per heavy atom. The minimum absolute atomic E-state index is 0.0621. The van der Waals surface area contributed by atoms with Crippen molar-refractivity contribution < 1.29 is 4.79 Å². The minimum atomic E-state index is -0.0621. The second kappa shape index (κ2) is 7.60. The summed E-state index contributed by atoms with van der Waals surface area (Å²) in [6.45, 7) is 8.34. The molecule has 0 aliphatic heterocycles. The highest BCUT2D eigenvalue weighted by atomic mass is 16.2. The van der Waals surface area contributed by atoms with Gasteiger partial charge in [0.25, 0.3) is 0 Å². The fourth-order valence-corrected chi connectivity index (χ4v) is 2.66. The molecular formula is C19H22N4O. The zero-order chi connectivity index (χ0) is 17.7. The Kier molecular flexibility index (Phi) is 5.54. The number of hydrogen-bond donors (Lipinski definition) is 1. The van der Waals surface area contributed by atoms with Gasteiger partial charge in [0.1, 0.15) is 11.9 Å². The average Bonchev–Trinajstić information content (AvgIpc) is 2.53. The van der Waals surface area contributed by atoms with Crippen molar-refractivity contribution in [2.24, 2.45) is 0 Å². The molecule has 0 atom stereocenters. The Morgan fingerprint density at radius 2 is 2.04 bits per heavy atom. The fraction of sp³-hybridized carbons (Fsp3) is 0.316. The molecule has 24 heavy (non-hydrogen) atoms. The van der Waals surface area contributed by atoms with Crippen molar-refractivity contribution in [3.05, 3.63) is 52.7 Å². The van der Waals surface area contributed by atoms with E-state index < -0.39 is 0 Å². The lowest BCUT2D eigenvalue weighted by Crippen LogP contribution is -2.35. The van der Waals surface area contributed by atoms with Gasteiger partial charge in [-0.1, -0.05) is 12.1 Å². The van der Waals surface area contributed by atoms with Crippen LogP contribution in [0, 0.1) is 32.1 Å². The number of benzene rings is 1. The summed E-state index contributed by atoms with van der Waals surface area (Å²) in [4.78, 5) is 18.6. The number of carbonyl (C=O) groups excluding carboxylic acids is 1. The molecule has 0 aliphatic carbocycles. The van der Waals surface area contributed by atoms with Crippen LogP contribution in [0.15, 0.2) is 30.3 Å². The van der Waals surface area contributed by atoms with Crippen LogP contribution in [0.1, 0.15) is 29.3 Å². The van der Waals surface area contributed by atoms with E-state index in [1.54, 1.807) is 4.90 Å². The molecule has 5 nitrogen and oxygen atoms in total. The highest BCUT2D eigenvalue weighted by Gasteiger charge is 2.15. The lowest BCUT2D eigenvalue weighted by molar-refractivity contribution is -0.116. The highest BCUT2D eigenvalue weighted by molar-refractivity contribution is 5.96. The highest BCUT2D eigenvalue weighted by Crippen LogP contribution is 2.19. The quantitative estimate of drug-likeness (QED) is 0.916. The first-order valence-corrected chi connectivity index (χ1v) is 7.95. The molecule has 0 saturated carbocycles. The van der Waals surface area contributed by atoms with E-state index in [0.29, 0.717) is 17.9 Å². The van der Waals surface area contributed by atoms with E-state index in [4.69, 9.17) is 0 Å². The van der Waals surface area contributed by atoms with E-state index in [2.05, 4.69) is 16.4 Å². The van der Waals surface area contributed by atoms with Gasteiger partial charge in [0.15, 0.2) is 0 Å². The van der Waals surface area contributed by atoms with Gasteiger partial charge >= 0.3 is 0 Å². The van der Waals surface area contributed by atoms with Crippen LogP contribution in [-0.4, -0.2) is 24.0 Å². The monoisotopic (exact) mass is 322 g/mol. The summed E-state index contributed by atoms with van der Waals surface area (Å²) in [6.07, 6.45) is 0. The Hall–Kier alpha value is -2.87. The SMILES string of the molecule is CCN(C(=O)CNc1nc(C)cc(C)c1C#N)c1cccc(C)c1. The topological polar surface area (TPSA) is 69.0 Å². The third-order valence-electron chi connectivity index (χ3n) is 3.79. The fourth-order valence-electron chi connectivity index (χ4n) is 2.66. The van der Waals surface area contributed by atoms with Crippen molar-refractivity contribution >= 4 is 17.4 Å². The molecular weight excluding hydrogens is 300 g/mol. The number of nitrogens with one attached hydrogen (secondary N) is 1. The van der Waals surface area contributed by atoms with E-state index in [9.17, 15) is 10.1 Å². The lowest BCUT2D eigenvalue weighted by Gasteiger charge is -2.22. The number of anilines is 2. The number of aryl methyl sites for hydroxylation is 3. The molecule has 1 aromatic heterocycles. The van der Waals surface area contributed by atoms with Crippen molar-refractivity contribution in [1.29, 1.82) is 5.26 Å². The molecule has 5 heteroatoms. The van der Waals surface area contributed by atoms with Gasteiger partial charge in [-0.05, 0) is 57.0 Å². The number of aromatic nitrogens is 1. The standard InChI is InChI=1S/C19H22N4O/c1-5-23(16-8-6-7-13(2)9-16)18(24)12-21-19-17(11-20)14(3)10-15(4)22-19/h6-10H,5,12H2,1-4H3,(H,21,22). The third-order valence-corrected chi connectivity index (χ3v) is 3.79. The minimum Gasteiger partial charge on any atom is -0.360 e. The number of carbonyl (C=O) groups is 1. The average molecular weight is 322 g/mol. The summed E-state index contributed by atoms with van der Waals surface area (Å²) in [7, 11) is 0.